The van der Waals surface area contributed by atoms with Crippen LogP contribution in [0, 0.1) is 0 Å². The maximum atomic E-state index is 6.87. The minimum absolute atomic E-state index is 0.858. The lowest BCUT2D eigenvalue weighted by Gasteiger charge is -2.29. The second kappa shape index (κ2) is 15.1. The maximum Gasteiger partial charge on any atom is 0.143 e. The number of rotatable bonds is 8. The van der Waals surface area contributed by atoms with Crippen LogP contribution in [-0.2, 0) is 0 Å². The van der Waals surface area contributed by atoms with E-state index in [1.807, 2.05) is 0 Å². The van der Waals surface area contributed by atoms with E-state index in [1.165, 1.54) is 27.8 Å². The number of furan rings is 1. The van der Waals surface area contributed by atoms with Crippen molar-refractivity contribution in [2.24, 2.45) is 0 Å². The van der Waals surface area contributed by atoms with Crippen LogP contribution >= 0.6 is 0 Å². The van der Waals surface area contributed by atoms with Gasteiger partial charge in [0.15, 0.2) is 0 Å². The summed E-state index contributed by atoms with van der Waals surface area (Å²) >= 11 is 0. The second-order valence-electron chi connectivity index (χ2n) is 15.2. The summed E-state index contributed by atoms with van der Waals surface area (Å²) in [7, 11) is 0. The zero-order valence-electron chi connectivity index (χ0n) is 32.9. The van der Waals surface area contributed by atoms with Gasteiger partial charge in [0.1, 0.15) is 11.2 Å². The largest absolute Gasteiger partial charge is 0.455 e. The summed E-state index contributed by atoms with van der Waals surface area (Å²) in [6.45, 7) is 0. The number of hydrogen-bond donors (Lipinski definition) is 0. The molecule has 0 saturated carbocycles. The number of nitrogens with zero attached hydrogens (tertiary/aromatic N) is 1. The van der Waals surface area contributed by atoms with E-state index < -0.39 is 0 Å². The van der Waals surface area contributed by atoms with Crippen LogP contribution in [0.3, 0.4) is 0 Å². The molecule has 0 aliphatic rings. The van der Waals surface area contributed by atoms with Gasteiger partial charge in [-0.15, -0.1) is 0 Å². The standard InChI is InChI=1S/C58H39NO/c1-4-14-40(15-5-1)42-24-26-43(27-25-42)45-30-35-49(36-31-45)59(48-33-28-44(29-34-48)41-16-6-2-7-17-41)54-38-39-55-57(53-37-32-47-20-10-11-22-51(47)58(53)60-55)56(54)52-23-13-12-21-50(52)46-18-8-3-9-19-46/h1-39H. The van der Waals surface area contributed by atoms with Gasteiger partial charge in [0.2, 0.25) is 0 Å². The van der Waals surface area contributed by atoms with E-state index in [-0.39, 0.29) is 0 Å². The fourth-order valence-corrected chi connectivity index (χ4v) is 8.76. The van der Waals surface area contributed by atoms with E-state index in [0.717, 1.165) is 77.6 Å². The summed E-state index contributed by atoms with van der Waals surface area (Å²) in [4.78, 5) is 2.41. The Morgan fingerprint density at radius 3 is 1.32 bits per heavy atom. The van der Waals surface area contributed by atoms with Crippen LogP contribution in [0.2, 0.25) is 0 Å². The van der Waals surface area contributed by atoms with Gasteiger partial charge in [-0.25, -0.2) is 0 Å². The Hall–Kier alpha value is -7.94. The van der Waals surface area contributed by atoms with Crippen LogP contribution in [0.15, 0.2) is 241 Å². The van der Waals surface area contributed by atoms with E-state index in [4.69, 9.17) is 4.42 Å². The number of fused-ring (bicyclic) bond motifs is 5. The Balaban J connectivity index is 1.14. The first-order chi connectivity index (χ1) is 29.8. The molecule has 0 N–H and O–H groups in total. The molecule has 0 spiro atoms. The number of benzene rings is 10. The molecule has 60 heavy (non-hydrogen) atoms. The van der Waals surface area contributed by atoms with Gasteiger partial charge in [0, 0.05) is 33.1 Å². The third-order valence-corrected chi connectivity index (χ3v) is 11.7. The molecule has 0 saturated heterocycles. The normalized spacial score (nSPS) is 11.3. The van der Waals surface area contributed by atoms with Crippen molar-refractivity contribution in [1.29, 1.82) is 0 Å². The topological polar surface area (TPSA) is 16.4 Å². The average Bonchev–Trinajstić information content (AvgIpc) is 3.72. The molecule has 0 bridgehead atoms. The molecule has 0 radical (unpaired) electrons. The molecule has 0 atom stereocenters. The summed E-state index contributed by atoms with van der Waals surface area (Å²) in [6.07, 6.45) is 0. The molecule has 2 nitrogen and oxygen atoms in total. The minimum Gasteiger partial charge on any atom is -0.455 e. The fourth-order valence-electron chi connectivity index (χ4n) is 8.76. The van der Waals surface area contributed by atoms with Gasteiger partial charge >= 0.3 is 0 Å². The van der Waals surface area contributed by atoms with Gasteiger partial charge in [-0.05, 0) is 97.9 Å². The minimum atomic E-state index is 0.858. The highest BCUT2D eigenvalue weighted by Gasteiger charge is 2.25. The highest BCUT2D eigenvalue weighted by atomic mass is 16.3. The first-order valence-corrected chi connectivity index (χ1v) is 20.5. The van der Waals surface area contributed by atoms with Gasteiger partial charge in [0.05, 0.1) is 5.69 Å². The van der Waals surface area contributed by atoms with Crippen molar-refractivity contribution in [3.8, 4) is 55.6 Å². The lowest BCUT2D eigenvalue weighted by atomic mass is 9.89. The molecule has 0 unspecified atom stereocenters. The van der Waals surface area contributed by atoms with Crippen molar-refractivity contribution in [3.05, 3.63) is 237 Å². The van der Waals surface area contributed by atoms with Crippen molar-refractivity contribution in [1.82, 2.24) is 0 Å². The monoisotopic (exact) mass is 765 g/mol. The van der Waals surface area contributed by atoms with Crippen LogP contribution in [0.5, 0.6) is 0 Å². The molecule has 0 aliphatic carbocycles. The highest BCUT2D eigenvalue weighted by molar-refractivity contribution is 6.22. The zero-order valence-corrected chi connectivity index (χ0v) is 32.9. The van der Waals surface area contributed by atoms with E-state index in [9.17, 15) is 0 Å². The van der Waals surface area contributed by atoms with E-state index in [0.29, 0.717) is 0 Å². The van der Waals surface area contributed by atoms with E-state index >= 15 is 0 Å². The summed E-state index contributed by atoms with van der Waals surface area (Å²) in [6, 6.07) is 84.8. The van der Waals surface area contributed by atoms with Crippen LogP contribution in [0.4, 0.5) is 17.1 Å². The summed E-state index contributed by atoms with van der Waals surface area (Å²) < 4.78 is 6.87. The van der Waals surface area contributed by atoms with Crippen molar-refractivity contribution >= 4 is 49.8 Å². The number of hydrogen-bond acceptors (Lipinski definition) is 2. The first-order valence-electron chi connectivity index (χ1n) is 20.5. The molecule has 1 heterocycles. The molecule has 11 aromatic rings. The first kappa shape index (κ1) is 35.2. The zero-order chi connectivity index (χ0) is 39.8. The molecular formula is C58H39NO. The third kappa shape index (κ3) is 6.32. The van der Waals surface area contributed by atoms with Crippen LogP contribution in [-0.4, -0.2) is 0 Å². The van der Waals surface area contributed by atoms with Gasteiger partial charge in [0.25, 0.3) is 0 Å². The molecule has 10 aromatic carbocycles. The molecule has 0 aliphatic heterocycles. The average molecular weight is 766 g/mol. The van der Waals surface area contributed by atoms with Gasteiger partial charge < -0.3 is 9.32 Å². The summed E-state index contributed by atoms with van der Waals surface area (Å²) in [5.74, 6) is 0. The Kier molecular flexibility index (Phi) is 8.87. The van der Waals surface area contributed by atoms with Crippen molar-refractivity contribution in [2.45, 2.75) is 0 Å². The predicted octanol–water partition coefficient (Wildman–Crippen LogP) is 16.5. The van der Waals surface area contributed by atoms with Crippen molar-refractivity contribution in [2.75, 3.05) is 4.90 Å². The van der Waals surface area contributed by atoms with Crippen LogP contribution < -0.4 is 4.90 Å². The quantitative estimate of drug-likeness (QED) is 0.153. The maximum absolute atomic E-state index is 6.87. The number of anilines is 3. The van der Waals surface area contributed by atoms with Crippen molar-refractivity contribution in [3.63, 3.8) is 0 Å². The molecule has 282 valence electrons. The van der Waals surface area contributed by atoms with Crippen LogP contribution in [0.25, 0.3) is 88.3 Å². The molecular weight excluding hydrogens is 727 g/mol. The smallest absolute Gasteiger partial charge is 0.143 e. The van der Waals surface area contributed by atoms with Gasteiger partial charge in [-0.1, -0.05) is 194 Å². The Labute approximate surface area is 349 Å². The Morgan fingerprint density at radius 2 is 0.750 bits per heavy atom. The second-order valence-corrected chi connectivity index (χ2v) is 15.2. The fraction of sp³-hybridized carbons (Fsp3) is 0. The summed E-state index contributed by atoms with van der Waals surface area (Å²) in [5.41, 5.74) is 16.7. The van der Waals surface area contributed by atoms with E-state index in [1.54, 1.807) is 0 Å². The Bertz CT molecular complexity index is 3260. The molecule has 0 amide bonds. The van der Waals surface area contributed by atoms with Gasteiger partial charge in [-0.2, -0.15) is 0 Å². The molecule has 1 aromatic heterocycles. The summed E-state index contributed by atoms with van der Waals surface area (Å²) in [5, 5.41) is 4.45. The molecule has 11 rings (SSSR count). The third-order valence-electron chi connectivity index (χ3n) is 11.7. The lowest BCUT2D eigenvalue weighted by molar-refractivity contribution is 0.673. The molecule has 0 fully saturated rings. The SMILES string of the molecule is c1ccc(-c2ccc(-c3ccc(N(c4ccc(-c5ccccc5)cc4)c4ccc5oc6c7ccccc7ccc6c5c4-c4ccccc4-c4ccccc4)cc3)cc2)cc1. The Morgan fingerprint density at radius 1 is 0.300 bits per heavy atom. The lowest BCUT2D eigenvalue weighted by Crippen LogP contribution is -2.11. The molecule has 2 heteroatoms. The van der Waals surface area contributed by atoms with Crippen molar-refractivity contribution < 1.29 is 4.42 Å². The van der Waals surface area contributed by atoms with Gasteiger partial charge in [-0.3, -0.25) is 0 Å². The highest BCUT2D eigenvalue weighted by Crippen LogP contribution is 2.50. The van der Waals surface area contributed by atoms with Crippen LogP contribution in [0.1, 0.15) is 0 Å². The van der Waals surface area contributed by atoms with E-state index in [2.05, 4.69) is 241 Å². The predicted molar refractivity (Wildman–Crippen MR) is 253 cm³/mol.